The number of methoxy groups -OCH3 is 1. The maximum atomic E-state index is 13.2. The van der Waals surface area contributed by atoms with Crippen molar-refractivity contribution in [1.82, 2.24) is 4.98 Å². The molecular weight excluding hydrogens is 265 g/mol. The normalized spacial score (nSPS) is 11.2. The van der Waals surface area contributed by atoms with Crippen LogP contribution in [-0.2, 0) is 11.4 Å². The Balaban J connectivity index is 3.26. The van der Waals surface area contributed by atoms with Crippen LogP contribution in [-0.4, -0.2) is 24.4 Å². The van der Waals surface area contributed by atoms with E-state index in [1.807, 2.05) is 0 Å². The molecule has 0 saturated carbocycles. The van der Waals surface area contributed by atoms with E-state index in [-0.39, 0.29) is 0 Å². The molecule has 0 fully saturated rings. The summed E-state index contributed by atoms with van der Waals surface area (Å²) in [5.74, 6) is -3.83. The highest BCUT2D eigenvalue weighted by Gasteiger charge is 2.34. The largest absolute Gasteiger partial charge is 0.574 e. The van der Waals surface area contributed by atoms with Gasteiger partial charge in [-0.3, -0.25) is 0 Å². The average Bonchev–Trinajstić information content (AvgIpc) is 2.28. The second-order valence-electron chi connectivity index (χ2n) is 2.96. The third-order valence-corrected chi connectivity index (χ3v) is 1.75. The zero-order valence-corrected chi connectivity index (χ0v) is 8.85. The average molecular weight is 271 g/mol. The molecule has 0 radical (unpaired) electrons. The number of rotatable bonds is 3. The van der Waals surface area contributed by atoms with Crippen molar-refractivity contribution in [2.45, 2.75) is 13.0 Å². The van der Waals surface area contributed by atoms with Gasteiger partial charge < -0.3 is 9.47 Å². The molecule has 0 aliphatic rings. The Labute approximate surface area is 97.3 Å². The molecule has 9 heteroatoms. The maximum Gasteiger partial charge on any atom is 0.574 e. The number of hydrogen-bond donors (Lipinski definition) is 0. The summed E-state index contributed by atoms with van der Waals surface area (Å²) in [5, 5.41) is 0. The van der Waals surface area contributed by atoms with E-state index in [1.54, 1.807) is 0 Å². The topological polar surface area (TPSA) is 48.4 Å². The molecule has 0 aliphatic carbocycles. The number of carbonyl (C=O) groups is 1. The van der Waals surface area contributed by atoms with E-state index < -0.39 is 42.0 Å². The SMILES string of the molecule is COC(=O)c1nc(OC(F)(F)F)c(CF)cc1F. The molecule has 1 rings (SSSR count). The van der Waals surface area contributed by atoms with Crippen molar-refractivity contribution in [2.24, 2.45) is 0 Å². The van der Waals surface area contributed by atoms with Gasteiger partial charge in [-0.15, -0.1) is 13.2 Å². The zero-order chi connectivity index (χ0) is 13.9. The summed E-state index contributed by atoms with van der Waals surface area (Å²) < 4.78 is 69.0. The standard InChI is InChI=1S/C9H6F5NO3/c1-17-8(16)6-5(11)2-4(3-10)7(15-6)18-9(12,13)14/h2H,3H2,1H3. The van der Waals surface area contributed by atoms with Gasteiger partial charge in [0.15, 0.2) is 11.5 Å². The lowest BCUT2D eigenvalue weighted by Gasteiger charge is -2.12. The minimum Gasteiger partial charge on any atom is -0.464 e. The van der Waals surface area contributed by atoms with E-state index in [9.17, 15) is 26.7 Å². The van der Waals surface area contributed by atoms with Gasteiger partial charge in [0.25, 0.3) is 0 Å². The summed E-state index contributed by atoms with van der Waals surface area (Å²) in [6, 6.07) is 0.389. The molecule has 0 spiro atoms. The maximum absolute atomic E-state index is 13.2. The molecule has 1 aromatic heterocycles. The predicted molar refractivity (Wildman–Crippen MR) is 47.0 cm³/mol. The number of ether oxygens (including phenoxy) is 2. The van der Waals surface area contributed by atoms with Crippen molar-refractivity contribution < 1.29 is 36.2 Å². The third-order valence-electron chi connectivity index (χ3n) is 1.75. The van der Waals surface area contributed by atoms with Gasteiger partial charge in [-0.2, -0.15) is 0 Å². The van der Waals surface area contributed by atoms with Crippen molar-refractivity contribution >= 4 is 5.97 Å². The molecule has 0 aliphatic heterocycles. The van der Waals surface area contributed by atoms with Crippen LogP contribution in [0.1, 0.15) is 16.1 Å². The second kappa shape index (κ2) is 5.15. The van der Waals surface area contributed by atoms with E-state index >= 15 is 0 Å². The molecule has 0 atom stereocenters. The molecule has 1 heterocycles. The number of hydrogen-bond acceptors (Lipinski definition) is 4. The van der Waals surface area contributed by atoms with Crippen LogP contribution >= 0.6 is 0 Å². The van der Waals surface area contributed by atoms with E-state index in [4.69, 9.17) is 0 Å². The van der Waals surface area contributed by atoms with Crippen molar-refractivity contribution in [2.75, 3.05) is 7.11 Å². The first-order valence-corrected chi connectivity index (χ1v) is 4.38. The number of pyridine rings is 1. The monoisotopic (exact) mass is 271 g/mol. The summed E-state index contributed by atoms with van der Waals surface area (Å²) in [6.45, 7) is -1.43. The van der Waals surface area contributed by atoms with Gasteiger partial charge in [0.2, 0.25) is 5.88 Å². The van der Waals surface area contributed by atoms with Crippen molar-refractivity contribution in [1.29, 1.82) is 0 Å². The molecule has 0 N–H and O–H groups in total. The molecule has 18 heavy (non-hydrogen) atoms. The Hall–Kier alpha value is -1.93. The lowest BCUT2D eigenvalue weighted by Crippen LogP contribution is -2.20. The van der Waals surface area contributed by atoms with Gasteiger partial charge in [0.1, 0.15) is 6.67 Å². The molecule has 0 aromatic carbocycles. The van der Waals surface area contributed by atoms with Gasteiger partial charge in [-0.1, -0.05) is 0 Å². The fourth-order valence-electron chi connectivity index (χ4n) is 1.04. The molecule has 0 bridgehead atoms. The quantitative estimate of drug-likeness (QED) is 0.625. The Bertz CT molecular complexity index is 460. The van der Waals surface area contributed by atoms with Gasteiger partial charge in [0.05, 0.1) is 7.11 Å². The number of aromatic nitrogens is 1. The van der Waals surface area contributed by atoms with Crippen LogP contribution in [0.15, 0.2) is 6.07 Å². The third kappa shape index (κ3) is 3.28. The van der Waals surface area contributed by atoms with Crippen LogP contribution in [0.3, 0.4) is 0 Å². The first-order valence-electron chi connectivity index (χ1n) is 4.38. The van der Waals surface area contributed by atoms with Crippen LogP contribution in [0.2, 0.25) is 0 Å². The first-order chi connectivity index (χ1) is 8.28. The molecule has 100 valence electrons. The Morgan fingerprint density at radius 2 is 2.06 bits per heavy atom. The van der Waals surface area contributed by atoms with E-state index in [0.29, 0.717) is 6.07 Å². The summed E-state index contributed by atoms with van der Waals surface area (Å²) in [6.07, 6.45) is -5.14. The summed E-state index contributed by atoms with van der Waals surface area (Å²) >= 11 is 0. The van der Waals surface area contributed by atoms with Gasteiger partial charge >= 0.3 is 12.3 Å². The number of carbonyl (C=O) groups excluding carboxylic acids is 1. The molecule has 0 unspecified atom stereocenters. The first kappa shape index (κ1) is 14.1. The number of nitrogens with zero attached hydrogens (tertiary/aromatic N) is 1. The highest BCUT2D eigenvalue weighted by molar-refractivity contribution is 5.87. The zero-order valence-electron chi connectivity index (χ0n) is 8.85. The number of halogens is 5. The van der Waals surface area contributed by atoms with Crippen LogP contribution in [0.4, 0.5) is 22.0 Å². The molecule has 0 amide bonds. The van der Waals surface area contributed by atoms with Crippen LogP contribution < -0.4 is 4.74 Å². The smallest absolute Gasteiger partial charge is 0.464 e. The second-order valence-corrected chi connectivity index (χ2v) is 2.96. The Kier molecular flexibility index (Phi) is 4.04. The van der Waals surface area contributed by atoms with Gasteiger partial charge in [-0.05, 0) is 6.07 Å². The summed E-state index contributed by atoms with van der Waals surface area (Å²) in [7, 11) is 0.886. The molecule has 4 nitrogen and oxygen atoms in total. The van der Waals surface area contributed by atoms with Crippen molar-refractivity contribution in [3.8, 4) is 5.88 Å². The summed E-state index contributed by atoms with van der Waals surface area (Å²) in [5.41, 5.74) is -1.79. The fraction of sp³-hybridized carbons (Fsp3) is 0.333. The van der Waals surface area contributed by atoms with Gasteiger partial charge in [0, 0.05) is 5.56 Å². The molecule has 1 aromatic rings. The van der Waals surface area contributed by atoms with E-state index in [2.05, 4.69) is 14.5 Å². The lowest BCUT2D eigenvalue weighted by atomic mass is 10.2. The highest BCUT2D eigenvalue weighted by atomic mass is 19.4. The molecular formula is C9H6F5NO3. The Morgan fingerprint density at radius 3 is 2.50 bits per heavy atom. The molecule has 0 saturated heterocycles. The fourth-order valence-corrected chi connectivity index (χ4v) is 1.04. The van der Waals surface area contributed by atoms with Crippen molar-refractivity contribution in [3.05, 3.63) is 23.1 Å². The van der Waals surface area contributed by atoms with Crippen LogP contribution in [0.5, 0.6) is 5.88 Å². The van der Waals surface area contributed by atoms with Gasteiger partial charge in [-0.25, -0.2) is 18.6 Å². The lowest BCUT2D eigenvalue weighted by molar-refractivity contribution is -0.276. The van der Waals surface area contributed by atoms with Crippen molar-refractivity contribution in [3.63, 3.8) is 0 Å². The van der Waals surface area contributed by atoms with Crippen LogP contribution in [0, 0.1) is 5.82 Å². The van der Waals surface area contributed by atoms with Crippen LogP contribution in [0.25, 0.3) is 0 Å². The predicted octanol–water partition coefficient (Wildman–Crippen LogP) is 2.38. The van der Waals surface area contributed by atoms with E-state index in [1.165, 1.54) is 0 Å². The Morgan fingerprint density at radius 1 is 1.44 bits per heavy atom. The minimum atomic E-state index is -5.14. The summed E-state index contributed by atoms with van der Waals surface area (Å²) in [4.78, 5) is 14.0. The minimum absolute atomic E-state index is 0.389. The number of esters is 1. The highest BCUT2D eigenvalue weighted by Crippen LogP contribution is 2.27. The van der Waals surface area contributed by atoms with E-state index in [0.717, 1.165) is 7.11 Å². The number of alkyl halides is 4.